The first-order chi connectivity index (χ1) is 17.5. The Balaban J connectivity index is 1.51. The second kappa shape index (κ2) is 8.81. The highest BCUT2D eigenvalue weighted by molar-refractivity contribution is 5.78. The number of fused-ring (bicyclic) bond motifs is 8. The van der Waals surface area contributed by atoms with Gasteiger partial charge in [-0.1, -0.05) is 18.2 Å². The van der Waals surface area contributed by atoms with Gasteiger partial charge in [0, 0.05) is 33.2 Å². The summed E-state index contributed by atoms with van der Waals surface area (Å²) in [6.45, 7) is 1.98. The van der Waals surface area contributed by atoms with Crippen LogP contribution in [-0.4, -0.2) is 19.9 Å². The molecule has 0 amide bonds. The highest BCUT2D eigenvalue weighted by Crippen LogP contribution is 2.27. The minimum Gasteiger partial charge on any atom is -0.369 e. The molecule has 1 atom stereocenters. The fourth-order valence-electron chi connectivity index (χ4n) is 4.20. The number of benzene rings is 1. The highest BCUT2D eigenvalue weighted by Gasteiger charge is 2.13. The summed E-state index contributed by atoms with van der Waals surface area (Å²) in [7, 11) is 0. The number of nitrogens with one attached hydrogen (secondary N) is 2. The number of halogens is 1. The van der Waals surface area contributed by atoms with E-state index in [9.17, 15) is 4.39 Å². The van der Waals surface area contributed by atoms with Crippen molar-refractivity contribution in [1.82, 2.24) is 19.9 Å². The Morgan fingerprint density at radius 2 is 1.49 bits per heavy atom. The van der Waals surface area contributed by atoms with E-state index in [1.165, 1.54) is 6.07 Å². The molecular formula is C29H23FN4O. The zero-order valence-electron chi connectivity index (χ0n) is 20.0. The molecule has 0 saturated heterocycles. The van der Waals surface area contributed by atoms with Gasteiger partial charge in [-0.05, 0) is 79.7 Å². The lowest BCUT2D eigenvalue weighted by molar-refractivity contribution is 0.0519. The second-order valence-corrected chi connectivity index (χ2v) is 8.57. The predicted molar refractivity (Wildman–Crippen MR) is 138 cm³/mol. The topological polar surface area (TPSA) is 66.6 Å². The van der Waals surface area contributed by atoms with Crippen molar-refractivity contribution < 1.29 is 10.5 Å². The average Bonchev–Trinajstić information content (AvgIpc) is 3.64. The minimum atomic E-state index is -0.455. The van der Waals surface area contributed by atoms with Gasteiger partial charge in [0.05, 0.1) is 36.9 Å². The number of rotatable bonds is 4. The standard InChI is InChI=1S/C29H23FN4O/c1-18(35-17-19-4-2-3-5-28(19)30)27-15-26-14-24-9-8-22(32-24)12-20-6-7-21(31-20)13-23-10-11-25(33-23)16-29(27)34-26/h2-16,18,32,34H,17H2,1H3/i15D. The zero-order chi connectivity index (χ0) is 24.6. The van der Waals surface area contributed by atoms with Crippen molar-refractivity contribution in [3.63, 3.8) is 0 Å². The number of H-pyrrole nitrogens is 2. The van der Waals surface area contributed by atoms with E-state index < -0.39 is 6.10 Å². The molecule has 0 aliphatic carbocycles. The van der Waals surface area contributed by atoms with Gasteiger partial charge in [-0.3, -0.25) is 0 Å². The van der Waals surface area contributed by atoms with Crippen LogP contribution in [0.15, 0.2) is 66.7 Å². The molecule has 2 aliphatic rings. The fourth-order valence-corrected chi connectivity index (χ4v) is 4.20. The lowest BCUT2D eigenvalue weighted by Gasteiger charge is -2.13. The van der Waals surface area contributed by atoms with Crippen LogP contribution in [-0.2, 0) is 11.3 Å². The summed E-state index contributed by atoms with van der Waals surface area (Å²) in [4.78, 5) is 16.1. The minimum absolute atomic E-state index is 0.106. The Kier molecular flexibility index (Phi) is 5.07. The molecule has 5 nitrogen and oxygen atoms in total. The normalized spacial score (nSPS) is 13.7. The molecular weight excluding hydrogens is 439 g/mol. The van der Waals surface area contributed by atoms with Crippen molar-refractivity contribution in [1.29, 1.82) is 0 Å². The van der Waals surface area contributed by atoms with Crippen LogP contribution in [0.25, 0.3) is 46.4 Å². The summed E-state index contributed by atoms with van der Waals surface area (Å²) in [5, 5.41) is 0. The van der Waals surface area contributed by atoms with E-state index >= 15 is 0 Å². The van der Waals surface area contributed by atoms with Crippen LogP contribution in [0.4, 0.5) is 4.39 Å². The number of aromatic nitrogens is 4. The Hall–Kier alpha value is -4.29. The van der Waals surface area contributed by atoms with Crippen molar-refractivity contribution >= 4 is 46.4 Å². The Labute approximate surface area is 203 Å². The molecule has 6 heteroatoms. The molecule has 0 radical (unpaired) electrons. The lowest BCUT2D eigenvalue weighted by Crippen LogP contribution is -2.01. The molecule has 1 unspecified atom stereocenters. The summed E-state index contributed by atoms with van der Waals surface area (Å²) in [5.41, 5.74) is 7.56. The van der Waals surface area contributed by atoms with Gasteiger partial charge in [-0.25, -0.2) is 14.4 Å². The van der Waals surface area contributed by atoms with Crippen molar-refractivity contribution in [3.05, 3.63) is 106 Å². The van der Waals surface area contributed by atoms with Crippen LogP contribution in [0, 0.1) is 5.82 Å². The van der Waals surface area contributed by atoms with Crippen LogP contribution in [0.3, 0.4) is 0 Å². The molecule has 3 aromatic heterocycles. The fraction of sp³-hybridized carbons (Fsp3) is 0.103. The third-order valence-corrected chi connectivity index (χ3v) is 5.97. The van der Waals surface area contributed by atoms with Crippen LogP contribution in [0.1, 0.15) is 48.3 Å². The van der Waals surface area contributed by atoms with E-state index in [1.54, 1.807) is 18.2 Å². The number of ether oxygens (including phenoxy) is 1. The molecule has 8 bridgehead atoms. The summed E-state index contributed by atoms with van der Waals surface area (Å²) in [6, 6.07) is 18.6. The molecule has 0 spiro atoms. The molecule has 35 heavy (non-hydrogen) atoms. The number of hydrogen-bond donors (Lipinski definition) is 2. The van der Waals surface area contributed by atoms with Gasteiger partial charge in [0.15, 0.2) is 0 Å². The van der Waals surface area contributed by atoms with E-state index in [-0.39, 0.29) is 12.4 Å². The van der Waals surface area contributed by atoms with Crippen LogP contribution in [0.5, 0.6) is 0 Å². The zero-order valence-corrected chi connectivity index (χ0v) is 19.0. The smallest absolute Gasteiger partial charge is 0.128 e. The maximum Gasteiger partial charge on any atom is 0.128 e. The van der Waals surface area contributed by atoms with Crippen LogP contribution < -0.4 is 0 Å². The number of nitrogens with zero attached hydrogens (tertiary/aromatic N) is 2. The molecule has 2 N–H and O–H groups in total. The van der Waals surface area contributed by atoms with Gasteiger partial charge in [0.1, 0.15) is 5.82 Å². The van der Waals surface area contributed by atoms with Crippen molar-refractivity contribution in [2.45, 2.75) is 19.6 Å². The maximum atomic E-state index is 14.1. The van der Waals surface area contributed by atoms with Crippen molar-refractivity contribution in [2.75, 3.05) is 0 Å². The van der Waals surface area contributed by atoms with E-state index in [2.05, 4.69) is 15.0 Å². The molecule has 0 saturated carbocycles. The van der Waals surface area contributed by atoms with Gasteiger partial charge in [0.2, 0.25) is 0 Å². The van der Waals surface area contributed by atoms with Gasteiger partial charge in [-0.15, -0.1) is 0 Å². The van der Waals surface area contributed by atoms with Gasteiger partial charge >= 0.3 is 0 Å². The number of hydrogen-bond acceptors (Lipinski definition) is 3. The largest absolute Gasteiger partial charge is 0.369 e. The molecule has 2 aliphatic heterocycles. The van der Waals surface area contributed by atoms with Crippen LogP contribution in [0.2, 0.25) is 0 Å². The third-order valence-electron chi connectivity index (χ3n) is 5.97. The summed E-state index contributed by atoms with van der Waals surface area (Å²) in [5.74, 6) is -0.307. The molecule has 1 aromatic carbocycles. The lowest BCUT2D eigenvalue weighted by atomic mass is 10.1. The second-order valence-electron chi connectivity index (χ2n) is 8.57. The predicted octanol–water partition coefficient (Wildman–Crippen LogP) is 7.07. The first kappa shape index (κ1) is 20.1. The highest BCUT2D eigenvalue weighted by atomic mass is 19.1. The van der Waals surface area contributed by atoms with Crippen molar-refractivity contribution in [2.24, 2.45) is 0 Å². The van der Waals surface area contributed by atoms with Crippen molar-refractivity contribution in [3.8, 4) is 0 Å². The molecule has 5 heterocycles. The first-order valence-electron chi connectivity index (χ1n) is 11.9. The number of aromatic amines is 2. The van der Waals surface area contributed by atoms with E-state index in [0.717, 1.165) is 39.3 Å². The van der Waals surface area contributed by atoms with Gasteiger partial charge in [0.25, 0.3) is 0 Å². The van der Waals surface area contributed by atoms with E-state index in [0.29, 0.717) is 22.7 Å². The quantitative estimate of drug-likeness (QED) is 0.294. The Morgan fingerprint density at radius 1 is 0.829 bits per heavy atom. The molecule has 4 aromatic rings. The summed E-state index contributed by atoms with van der Waals surface area (Å²) in [6.07, 6.45) is 7.35. The van der Waals surface area contributed by atoms with Crippen LogP contribution >= 0.6 is 0 Å². The SMILES string of the molecule is [2H]c1c(C(C)OCc2ccccc2F)c2cc3nc(cc4nc(cc5ccc(cc1[nH]2)[nH]5)C=C4)C=C3. The molecule has 172 valence electrons. The summed E-state index contributed by atoms with van der Waals surface area (Å²) < 4.78 is 29.1. The van der Waals surface area contributed by atoms with Gasteiger partial charge < -0.3 is 14.7 Å². The first-order valence-corrected chi connectivity index (χ1v) is 11.4. The molecule has 0 fully saturated rings. The monoisotopic (exact) mass is 463 g/mol. The summed E-state index contributed by atoms with van der Waals surface area (Å²) >= 11 is 0. The maximum absolute atomic E-state index is 14.1. The van der Waals surface area contributed by atoms with Gasteiger partial charge in [-0.2, -0.15) is 0 Å². The third kappa shape index (κ3) is 4.56. The average molecular weight is 464 g/mol. The van der Waals surface area contributed by atoms with E-state index in [4.69, 9.17) is 11.1 Å². The molecule has 6 rings (SSSR count). The Bertz CT molecular complexity index is 1700. The Morgan fingerprint density at radius 3 is 2.23 bits per heavy atom. The van der Waals surface area contributed by atoms with E-state index in [1.807, 2.05) is 67.6 Å².